The highest BCUT2D eigenvalue weighted by atomic mass is 16.2. The maximum Gasteiger partial charge on any atom is 0.237 e. The lowest BCUT2D eigenvalue weighted by Crippen LogP contribution is -2.59. The Morgan fingerprint density at radius 1 is 1.28 bits per heavy atom. The van der Waals surface area contributed by atoms with Gasteiger partial charge in [0.05, 0.1) is 5.92 Å². The van der Waals surface area contributed by atoms with Gasteiger partial charge < -0.3 is 10.2 Å². The molecule has 1 saturated carbocycles. The van der Waals surface area contributed by atoms with E-state index < -0.39 is 23.3 Å². The lowest BCUT2D eigenvalue weighted by atomic mass is 9.63. The summed E-state index contributed by atoms with van der Waals surface area (Å²) in [5, 5.41) is 3.39. The predicted octanol–water partition coefficient (Wildman–Crippen LogP) is 0.455. The fraction of sp³-hybridized carbons (Fsp3) is 0.667. The van der Waals surface area contributed by atoms with Gasteiger partial charge in [-0.3, -0.25) is 19.2 Å². The van der Waals surface area contributed by atoms with Crippen LogP contribution in [0.4, 0.5) is 0 Å². The van der Waals surface area contributed by atoms with Gasteiger partial charge in [0, 0.05) is 45.4 Å². The first-order valence-electron chi connectivity index (χ1n) is 8.88. The van der Waals surface area contributed by atoms with Crippen LogP contribution in [0.25, 0.3) is 0 Å². The molecule has 0 aromatic heterocycles. The van der Waals surface area contributed by atoms with E-state index in [0.29, 0.717) is 12.5 Å². The van der Waals surface area contributed by atoms with Crippen molar-refractivity contribution < 1.29 is 19.2 Å². The summed E-state index contributed by atoms with van der Waals surface area (Å²) in [6.45, 7) is 0.335. The third-order valence-corrected chi connectivity index (χ3v) is 5.59. The van der Waals surface area contributed by atoms with Gasteiger partial charge in [0.15, 0.2) is 0 Å². The zero-order valence-electron chi connectivity index (χ0n) is 14.8. The summed E-state index contributed by atoms with van der Waals surface area (Å²) in [6.07, 6.45) is 7.23. The molecule has 136 valence electrons. The topological polar surface area (TPSA) is 86.8 Å². The van der Waals surface area contributed by atoms with Crippen molar-refractivity contribution in [3.8, 4) is 0 Å². The first-order chi connectivity index (χ1) is 11.8. The minimum Gasteiger partial charge on any atom is -0.349 e. The molecule has 2 bridgehead atoms. The van der Waals surface area contributed by atoms with E-state index in [4.69, 9.17) is 0 Å². The molecular weight excluding hydrogens is 322 g/mol. The second kappa shape index (κ2) is 6.71. The van der Waals surface area contributed by atoms with E-state index >= 15 is 0 Å². The average Bonchev–Trinajstić information content (AvgIpc) is 2.93. The number of nitrogens with zero attached hydrogens (tertiary/aromatic N) is 2. The van der Waals surface area contributed by atoms with Crippen LogP contribution in [-0.4, -0.2) is 59.6 Å². The van der Waals surface area contributed by atoms with E-state index in [2.05, 4.69) is 17.5 Å². The van der Waals surface area contributed by atoms with Crippen LogP contribution in [0.5, 0.6) is 0 Å². The van der Waals surface area contributed by atoms with E-state index in [1.807, 2.05) is 0 Å². The van der Waals surface area contributed by atoms with Crippen LogP contribution in [0.3, 0.4) is 0 Å². The number of carbonyl (C=O) groups is 4. The van der Waals surface area contributed by atoms with Crippen molar-refractivity contribution in [2.45, 2.75) is 44.1 Å². The van der Waals surface area contributed by atoms with Gasteiger partial charge in [0.1, 0.15) is 0 Å². The minimum absolute atomic E-state index is 0.0688. The van der Waals surface area contributed by atoms with Crippen LogP contribution in [0.15, 0.2) is 12.2 Å². The normalized spacial score (nSPS) is 30.9. The molecule has 25 heavy (non-hydrogen) atoms. The number of likely N-dealkylation sites (tertiary alicyclic amines) is 1. The SMILES string of the molecule is CN(C)C(=O)[C@H]1C[C@H]2C=C[C@]1(NCCC(=O)N1C(=O)CCC1=O)CC2. The highest BCUT2D eigenvalue weighted by molar-refractivity contribution is 6.15. The van der Waals surface area contributed by atoms with Crippen LogP contribution < -0.4 is 5.32 Å². The second-order valence-electron chi connectivity index (χ2n) is 7.41. The molecule has 2 fully saturated rings. The fourth-order valence-corrected chi connectivity index (χ4v) is 4.18. The highest BCUT2D eigenvalue weighted by Crippen LogP contribution is 2.44. The van der Waals surface area contributed by atoms with Crippen molar-refractivity contribution in [1.29, 1.82) is 0 Å². The number of imide groups is 3. The molecule has 7 nitrogen and oxygen atoms in total. The molecule has 1 heterocycles. The Bertz CT molecular complexity index is 626. The highest BCUT2D eigenvalue weighted by Gasteiger charge is 2.48. The molecule has 1 N–H and O–H groups in total. The Balaban J connectivity index is 1.64. The molecule has 7 heteroatoms. The number of allylic oxidation sites excluding steroid dienone is 1. The summed E-state index contributed by atoms with van der Waals surface area (Å²) in [7, 11) is 3.52. The Kier molecular flexibility index (Phi) is 4.77. The van der Waals surface area contributed by atoms with E-state index in [0.717, 1.165) is 24.2 Å². The molecule has 1 aliphatic heterocycles. The molecule has 4 aliphatic rings. The zero-order valence-corrected chi connectivity index (χ0v) is 14.8. The summed E-state index contributed by atoms with van der Waals surface area (Å²) in [6, 6.07) is 0. The molecule has 1 saturated heterocycles. The van der Waals surface area contributed by atoms with Crippen LogP contribution >= 0.6 is 0 Å². The van der Waals surface area contributed by atoms with Gasteiger partial charge in [-0.15, -0.1) is 0 Å². The quantitative estimate of drug-likeness (QED) is 0.577. The van der Waals surface area contributed by atoms with E-state index in [1.54, 1.807) is 19.0 Å². The first-order valence-corrected chi connectivity index (χ1v) is 8.88. The average molecular weight is 347 g/mol. The van der Waals surface area contributed by atoms with Gasteiger partial charge in [0.2, 0.25) is 23.6 Å². The molecule has 4 rings (SSSR count). The number of nitrogens with one attached hydrogen (secondary N) is 1. The standard InChI is InChI=1S/C18H25N3O4/c1-20(2)17(25)13-11-12-5-8-18(13,9-6-12)19-10-7-16(24)21-14(22)3-4-15(21)23/h5,8,12-13,19H,3-4,6-7,9-11H2,1-2H3/t12-,13+,18-/m0/s1. The van der Waals surface area contributed by atoms with Crippen molar-refractivity contribution in [2.75, 3.05) is 20.6 Å². The van der Waals surface area contributed by atoms with Crippen LogP contribution in [0.2, 0.25) is 0 Å². The smallest absolute Gasteiger partial charge is 0.237 e. The molecule has 3 atom stereocenters. The van der Waals surface area contributed by atoms with Crippen molar-refractivity contribution >= 4 is 23.6 Å². The fourth-order valence-electron chi connectivity index (χ4n) is 4.18. The van der Waals surface area contributed by atoms with Gasteiger partial charge in [-0.1, -0.05) is 12.2 Å². The monoisotopic (exact) mass is 347 g/mol. The van der Waals surface area contributed by atoms with Gasteiger partial charge in [-0.05, 0) is 25.2 Å². The third kappa shape index (κ3) is 3.25. The van der Waals surface area contributed by atoms with Gasteiger partial charge >= 0.3 is 0 Å². The maximum atomic E-state index is 12.6. The summed E-state index contributed by atoms with van der Waals surface area (Å²) in [4.78, 5) is 50.4. The number of amides is 4. The van der Waals surface area contributed by atoms with E-state index in [-0.39, 0.29) is 31.1 Å². The summed E-state index contributed by atoms with van der Waals surface area (Å²) < 4.78 is 0. The van der Waals surface area contributed by atoms with Crippen LogP contribution in [-0.2, 0) is 19.2 Å². The Hall–Kier alpha value is -2.02. The van der Waals surface area contributed by atoms with Crippen molar-refractivity contribution in [3.05, 3.63) is 12.2 Å². The van der Waals surface area contributed by atoms with Crippen LogP contribution in [0.1, 0.15) is 38.5 Å². The van der Waals surface area contributed by atoms with E-state index in [1.165, 1.54) is 0 Å². The number of rotatable bonds is 5. The molecule has 0 spiro atoms. The maximum absolute atomic E-state index is 12.6. The number of carbonyl (C=O) groups excluding carboxylic acids is 4. The van der Waals surface area contributed by atoms with Crippen molar-refractivity contribution in [1.82, 2.24) is 15.1 Å². The third-order valence-electron chi connectivity index (χ3n) is 5.59. The molecule has 3 aliphatic carbocycles. The zero-order chi connectivity index (χ0) is 18.2. The van der Waals surface area contributed by atoms with Crippen molar-refractivity contribution in [2.24, 2.45) is 11.8 Å². The molecule has 0 unspecified atom stereocenters. The second-order valence-corrected chi connectivity index (χ2v) is 7.41. The Labute approximate surface area is 147 Å². The van der Waals surface area contributed by atoms with Crippen molar-refractivity contribution in [3.63, 3.8) is 0 Å². The number of hydrogen-bond donors (Lipinski definition) is 1. The minimum atomic E-state index is -0.458. The Morgan fingerprint density at radius 3 is 2.52 bits per heavy atom. The molecule has 0 radical (unpaired) electrons. The molecule has 4 amide bonds. The molecule has 0 aromatic carbocycles. The lowest BCUT2D eigenvalue weighted by Gasteiger charge is -2.48. The van der Waals surface area contributed by atoms with Gasteiger partial charge in [-0.2, -0.15) is 0 Å². The molecule has 0 aromatic rings. The predicted molar refractivity (Wildman–Crippen MR) is 90.1 cm³/mol. The van der Waals surface area contributed by atoms with Gasteiger partial charge in [-0.25, -0.2) is 4.90 Å². The van der Waals surface area contributed by atoms with E-state index in [9.17, 15) is 19.2 Å². The van der Waals surface area contributed by atoms with Gasteiger partial charge in [0.25, 0.3) is 0 Å². The number of hydrogen-bond acceptors (Lipinski definition) is 5. The number of fused-ring (bicyclic) bond motifs is 2. The summed E-state index contributed by atoms with van der Waals surface area (Å²) in [5.74, 6) is -0.882. The van der Waals surface area contributed by atoms with Crippen LogP contribution in [0, 0.1) is 11.8 Å². The largest absolute Gasteiger partial charge is 0.349 e. The Morgan fingerprint density at radius 2 is 1.96 bits per heavy atom. The lowest BCUT2D eigenvalue weighted by molar-refractivity contribution is -0.149. The molecular formula is C18H25N3O4. The first kappa shape index (κ1) is 17.8. The summed E-state index contributed by atoms with van der Waals surface area (Å²) in [5.41, 5.74) is -0.435. The summed E-state index contributed by atoms with van der Waals surface area (Å²) >= 11 is 0.